The van der Waals surface area contributed by atoms with E-state index in [-0.39, 0.29) is 67.7 Å². The van der Waals surface area contributed by atoms with E-state index in [1.807, 2.05) is 0 Å². The molecule has 0 atom stereocenters. The lowest BCUT2D eigenvalue weighted by Crippen LogP contribution is -2.05. The van der Waals surface area contributed by atoms with Gasteiger partial charge in [-0.05, 0) is 36.4 Å². The lowest BCUT2D eigenvalue weighted by molar-refractivity contribution is 0.0593. The minimum absolute atomic E-state index is 0.0595. The number of methoxy groups -OCH3 is 3. The fourth-order valence-electron chi connectivity index (χ4n) is 5.87. The molecule has 0 spiro atoms. The number of aromatic nitrogens is 3. The van der Waals surface area contributed by atoms with E-state index in [0.717, 1.165) is 0 Å². The van der Waals surface area contributed by atoms with Crippen LogP contribution in [0.4, 0.5) is 0 Å². The van der Waals surface area contributed by atoms with Crippen LogP contribution in [0.15, 0.2) is 105 Å². The van der Waals surface area contributed by atoms with Gasteiger partial charge >= 0.3 is 17.9 Å². The highest BCUT2D eigenvalue weighted by Crippen LogP contribution is 2.44. The Labute approximate surface area is 321 Å². The molecule has 3 aromatic heterocycles. The van der Waals surface area contributed by atoms with Gasteiger partial charge in [0.05, 0.1) is 36.4 Å². The summed E-state index contributed by atoms with van der Waals surface area (Å²) >= 11 is 19.5. The molecule has 3 heterocycles. The molecule has 0 amide bonds. The number of esters is 3. The Morgan fingerprint density at radius 2 is 0.722 bits per heavy atom. The predicted octanol–water partition coefficient (Wildman–Crippen LogP) is 9.97. The second kappa shape index (κ2) is 15.0. The van der Waals surface area contributed by atoms with Gasteiger partial charge in [-0.25, -0.2) is 14.4 Å². The number of benzene rings is 4. The summed E-state index contributed by atoms with van der Waals surface area (Å²) in [5, 5.41) is 13.5. The Bertz CT molecular complexity index is 2300. The molecule has 0 saturated carbocycles. The van der Waals surface area contributed by atoms with Crippen LogP contribution in [0.5, 0.6) is 0 Å². The van der Waals surface area contributed by atoms with Crippen LogP contribution in [0, 0.1) is 0 Å². The van der Waals surface area contributed by atoms with Gasteiger partial charge in [-0.3, -0.25) is 0 Å². The fraction of sp³-hybridized carbons (Fsp3) is 0.0769. The lowest BCUT2D eigenvalue weighted by Gasteiger charge is -2.10. The first-order valence-electron chi connectivity index (χ1n) is 15.8. The first kappa shape index (κ1) is 36.2. The van der Waals surface area contributed by atoms with Crippen LogP contribution in [0.1, 0.15) is 31.1 Å². The number of hydrogen-bond donors (Lipinski definition) is 0. The molecule has 0 aliphatic rings. The molecule has 0 aliphatic carbocycles. The van der Waals surface area contributed by atoms with Crippen LogP contribution in [0.3, 0.4) is 0 Å². The van der Waals surface area contributed by atoms with E-state index < -0.39 is 17.9 Å². The molecule has 0 N–H and O–H groups in total. The third-order valence-corrected chi connectivity index (χ3v) is 9.34. The number of carbonyl (C=O) groups is 3. The van der Waals surface area contributed by atoms with Crippen molar-refractivity contribution < 1.29 is 42.2 Å². The first-order valence-corrected chi connectivity index (χ1v) is 16.9. The second-order valence-corrected chi connectivity index (χ2v) is 12.6. The Morgan fingerprint density at radius 3 is 0.963 bits per heavy atom. The molecule has 270 valence electrons. The third kappa shape index (κ3) is 6.40. The van der Waals surface area contributed by atoms with Gasteiger partial charge in [0.2, 0.25) is 0 Å². The molecule has 0 aliphatic heterocycles. The molecule has 0 saturated heterocycles. The Balaban J connectivity index is 1.54. The number of rotatable bonds is 9. The summed E-state index contributed by atoms with van der Waals surface area (Å²) in [4.78, 5) is 40.4. The van der Waals surface area contributed by atoms with E-state index in [1.165, 1.54) is 21.3 Å². The van der Waals surface area contributed by atoms with Gasteiger partial charge in [0, 0.05) is 33.4 Å². The van der Waals surface area contributed by atoms with E-state index in [4.69, 9.17) is 62.6 Å². The van der Waals surface area contributed by atoms with Crippen molar-refractivity contribution in [1.29, 1.82) is 0 Å². The van der Waals surface area contributed by atoms with Crippen LogP contribution in [0.2, 0.25) is 15.1 Å². The first-order chi connectivity index (χ1) is 26.2. The SMILES string of the molecule is COC(=O)c1c(-c2ccccc2Cl)noc1-c1cc(-c2onc(-c3ccccc3Cl)c2C(=O)OC)cc(-c2onc(-c3ccccc3Cl)c2C(=O)OC)c1. The van der Waals surface area contributed by atoms with Crippen molar-refractivity contribution in [2.75, 3.05) is 21.3 Å². The van der Waals surface area contributed by atoms with Crippen molar-refractivity contribution in [2.24, 2.45) is 0 Å². The van der Waals surface area contributed by atoms with E-state index in [0.29, 0.717) is 31.8 Å². The number of carbonyl (C=O) groups excluding carboxylic acids is 3. The van der Waals surface area contributed by atoms with Gasteiger partial charge in [-0.2, -0.15) is 0 Å². The smallest absolute Gasteiger partial charge is 0.344 e. The van der Waals surface area contributed by atoms with E-state index >= 15 is 0 Å². The van der Waals surface area contributed by atoms with Crippen molar-refractivity contribution in [1.82, 2.24) is 15.5 Å². The normalized spacial score (nSPS) is 11.0. The van der Waals surface area contributed by atoms with E-state index in [9.17, 15) is 14.4 Å². The molecular weight excluding hydrogens is 761 g/mol. The summed E-state index contributed by atoms with van der Waals surface area (Å²) in [6.07, 6.45) is 0. The molecule has 7 aromatic rings. The largest absolute Gasteiger partial charge is 0.465 e. The van der Waals surface area contributed by atoms with Crippen molar-refractivity contribution in [2.45, 2.75) is 0 Å². The molecule has 15 heteroatoms. The molecule has 4 aromatic carbocycles. The molecule has 12 nitrogen and oxygen atoms in total. The van der Waals surface area contributed by atoms with Crippen LogP contribution >= 0.6 is 34.8 Å². The van der Waals surface area contributed by atoms with E-state index in [1.54, 1.807) is 91.0 Å². The minimum Gasteiger partial charge on any atom is -0.465 e. The lowest BCUT2D eigenvalue weighted by atomic mass is 9.94. The van der Waals surface area contributed by atoms with Crippen LogP contribution < -0.4 is 0 Å². The minimum atomic E-state index is -0.792. The fourth-order valence-corrected chi connectivity index (χ4v) is 6.54. The molecule has 0 unspecified atom stereocenters. The summed E-state index contributed by atoms with van der Waals surface area (Å²) in [6, 6.07) is 24.9. The van der Waals surface area contributed by atoms with E-state index in [2.05, 4.69) is 15.5 Å². The number of nitrogens with zero attached hydrogens (tertiary/aromatic N) is 3. The van der Waals surface area contributed by atoms with Crippen molar-refractivity contribution in [3.8, 4) is 67.7 Å². The Morgan fingerprint density at radius 1 is 0.463 bits per heavy atom. The second-order valence-electron chi connectivity index (χ2n) is 11.4. The number of hydrogen-bond acceptors (Lipinski definition) is 12. The average Bonchev–Trinajstić information content (AvgIpc) is 3.95. The third-order valence-electron chi connectivity index (χ3n) is 8.35. The monoisotopic (exact) mass is 783 g/mol. The zero-order valence-electron chi connectivity index (χ0n) is 28.3. The highest BCUT2D eigenvalue weighted by molar-refractivity contribution is 6.34. The van der Waals surface area contributed by atoms with Gasteiger partial charge in [0.15, 0.2) is 17.3 Å². The molecule has 0 bridgehead atoms. The highest BCUT2D eigenvalue weighted by atomic mass is 35.5. The van der Waals surface area contributed by atoms with Gasteiger partial charge in [0.1, 0.15) is 33.8 Å². The van der Waals surface area contributed by atoms with Crippen LogP contribution in [0.25, 0.3) is 67.7 Å². The van der Waals surface area contributed by atoms with Crippen LogP contribution in [-0.4, -0.2) is 54.7 Å². The van der Waals surface area contributed by atoms with Crippen molar-refractivity contribution in [3.05, 3.63) is 123 Å². The number of halogens is 3. The molecular formula is C39H24Cl3N3O9. The molecule has 7 rings (SSSR count). The Kier molecular flexibility index (Phi) is 10.1. The average molecular weight is 785 g/mol. The number of ether oxygens (including phenoxy) is 3. The van der Waals surface area contributed by atoms with Gasteiger partial charge in [-0.15, -0.1) is 0 Å². The summed E-state index contributed by atoms with van der Waals surface area (Å²) < 4.78 is 33.0. The molecule has 0 radical (unpaired) electrons. The van der Waals surface area contributed by atoms with Gasteiger partial charge in [-0.1, -0.05) is 105 Å². The maximum Gasteiger partial charge on any atom is 0.344 e. The van der Waals surface area contributed by atoms with Gasteiger partial charge in [0.25, 0.3) is 0 Å². The standard InChI is InChI=1S/C39H24Cl3N3O9/c1-49-37(46)28-31(22-10-4-7-13-25(22)40)43-52-34(28)19-16-20(35-29(38(47)50-2)32(44-53-35)23-11-5-8-14-26(23)41)18-21(17-19)36-30(39(48)51-3)33(45-54-36)24-12-6-9-15-27(24)42/h4-18H,1-3H3. The maximum atomic E-state index is 13.5. The summed E-state index contributed by atoms with van der Waals surface area (Å²) in [7, 11) is 3.62. The topological polar surface area (TPSA) is 157 Å². The van der Waals surface area contributed by atoms with Gasteiger partial charge < -0.3 is 27.8 Å². The highest BCUT2D eigenvalue weighted by Gasteiger charge is 2.33. The maximum absolute atomic E-state index is 13.5. The Hall–Kier alpha value is -6.21. The molecule has 0 fully saturated rings. The zero-order valence-corrected chi connectivity index (χ0v) is 30.6. The quantitative estimate of drug-likeness (QED) is 0.101. The predicted molar refractivity (Wildman–Crippen MR) is 198 cm³/mol. The molecule has 54 heavy (non-hydrogen) atoms. The zero-order chi connectivity index (χ0) is 38.1. The van der Waals surface area contributed by atoms with Crippen LogP contribution in [-0.2, 0) is 14.2 Å². The van der Waals surface area contributed by atoms with Crippen molar-refractivity contribution in [3.63, 3.8) is 0 Å². The van der Waals surface area contributed by atoms with Crippen molar-refractivity contribution >= 4 is 52.7 Å². The summed E-state index contributed by atoms with van der Waals surface area (Å²) in [6.45, 7) is 0. The summed E-state index contributed by atoms with van der Waals surface area (Å²) in [5.74, 6) is -2.55. The summed E-state index contributed by atoms with van der Waals surface area (Å²) in [5.41, 5.74) is 1.87.